The molecule has 1 aromatic heterocycles. The summed E-state index contributed by atoms with van der Waals surface area (Å²) in [6.07, 6.45) is -26.5. The maximum Gasteiger partial charge on any atom is 0.433 e. The van der Waals surface area contributed by atoms with Gasteiger partial charge in [-0.05, 0) is 12.1 Å². The maximum atomic E-state index is 12.5. The van der Waals surface area contributed by atoms with E-state index in [2.05, 4.69) is 4.42 Å². The highest BCUT2D eigenvalue weighted by Gasteiger charge is 2.76. The van der Waals surface area contributed by atoms with E-state index in [1.54, 1.807) is 0 Å². The molecule has 0 amide bonds. The first-order valence-electron chi connectivity index (χ1n) is 5.53. The highest BCUT2D eigenvalue weighted by atomic mass is 19.4. The van der Waals surface area contributed by atoms with Gasteiger partial charge in [-0.2, -0.15) is 52.7 Å². The van der Waals surface area contributed by atoms with Crippen LogP contribution in [-0.4, -0.2) is 34.9 Å². The van der Waals surface area contributed by atoms with Gasteiger partial charge in [-0.25, -0.2) is 0 Å². The van der Waals surface area contributed by atoms with Gasteiger partial charge < -0.3 is 14.6 Å². The molecule has 0 aliphatic heterocycles. The van der Waals surface area contributed by atoms with Crippen LogP contribution < -0.4 is 0 Å². The third-order valence-electron chi connectivity index (χ3n) is 2.96. The van der Waals surface area contributed by atoms with Gasteiger partial charge in [0.25, 0.3) is 0 Å². The van der Waals surface area contributed by atoms with Crippen molar-refractivity contribution in [1.29, 1.82) is 0 Å². The van der Waals surface area contributed by atoms with Crippen molar-refractivity contribution in [3.63, 3.8) is 0 Å². The highest BCUT2D eigenvalue weighted by molar-refractivity contribution is 5.24. The van der Waals surface area contributed by atoms with Crippen LogP contribution in [0.25, 0.3) is 0 Å². The summed E-state index contributed by atoms with van der Waals surface area (Å²) in [6, 6.07) is -1.22. The van der Waals surface area contributed by atoms with Gasteiger partial charge in [0.2, 0.25) is 0 Å². The molecule has 0 spiro atoms. The molecule has 0 fully saturated rings. The molecule has 0 radical (unpaired) electrons. The van der Waals surface area contributed by atoms with Crippen LogP contribution in [0.5, 0.6) is 0 Å². The Morgan fingerprint density at radius 1 is 0.520 bits per heavy atom. The van der Waals surface area contributed by atoms with E-state index in [1.165, 1.54) is 0 Å². The molecule has 0 aliphatic carbocycles. The highest BCUT2D eigenvalue weighted by Crippen LogP contribution is 2.54. The van der Waals surface area contributed by atoms with E-state index in [0.717, 1.165) is 0 Å². The summed E-state index contributed by atoms with van der Waals surface area (Å²) >= 11 is 0. The molecule has 1 heterocycles. The Hall–Kier alpha value is -1.64. The van der Waals surface area contributed by atoms with Crippen LogP contribution in [0, 0.1) is 0 Å². The molecule has 1 rings (SSSR count). The molecule has 0 bridgehead atoms. The Kier molecular flexibility index (Phi) is 4.65. The summed E-state index contributed by atoms with van der Waals surface area (Å²) in [5.41, 5.74) is -11.8. The molecule has 0 aromatic carbocycles. The van der Waals surface area contributed by atoms with Gasteiger partial charge >= 0.3 is 35.9 Å². The van der Waals surface area contributed by atoms with Gasteiger partial charge in [-0.3, -0.25) is 0 Å². The second-order valence-electron chi connectivity index (χ2n) is 4.58. The molecule has 2 N–H and O–H groups in total. The smallest absolute Gasteiger partial charge is 0.433 e. The monoisotopic (exact) mass is 400 g/mol. The van der Waals surface area contributed by atoms with Gasteiger partial charge in [0.15, 0.2) is 11.5 Å². The molecular weight excluding hydrogens is 396 g/mol. The van der Waals surface area contributed by atoms with Crippen LogP contribution in [0.1, 0.15) is 11.5 Å². The number of aliphatic hydroxyl groups is 2. The molecule has 0 aliphatic rings. The van der Waals surface area contributed by atoms with Crippen LogP contribution in [0.2, 0.25) is 0 Å². The van der Waals surface area contributed by atoms with Crippen LogP contribution in [0.15, 0.2) is 16.5 Å². The Bertz CT molecular complexity index is 536. The van der Waals surface area contributed by atoms with Crippen LogP contribution in [-0.2, 0) is 11.2 Å². The minimum atomic E-state index is -6.62. The summed E-state index contributed by atoms with van der Waals surface area (Å²) in [6.45, 7) is 0. The van der Waals surface area contributed by atoms with Crippen molar-refractivity contribution >= 4 is 0 Å². The van der Waals surface area contributed by atoms with E-state index >= 15 is 0 Å². The molecular formula is C10H4F12O3. The lowest BCUT2D eigenvalue weighted by molar-refractivity contribution is -0.387. The predicted octanol–water partition coefficient (Wildman–Crippen LogP) is 3.90. The second kappa shape index (κ2) is 5.43. The molecule has 15 heteroatoms. The van der Waals surface area contributed by atoms with Gasteiger partial charge in [0, 0.05) is 0 Å². The fourth-order valence-corrected chi connectivity index (χ4v) is 1.61. The zero-order valence-electron chi connectivity index (χ0n) is 11.0. The van der Waals surface area contributed by atoms with Crippen molar-refractivity contribution < 1.29 is 67.3 Å². The van der Waals surface area contributed by atoms with E-state index < -0.39 is 59.6 Å². The van der Waals surface area contributed by atoms with Gasteiger partial charge in [0.05, 0.1) is 0 Å². The molecule has 0 atom stereocenters. The maximum absolute atomic E-state index is 12.5. The van der Waals surface area contributed by atoms with Crippen molar-refractivity contribution in [3.05, 3.63) is 23.7 Å². The van der Waals surface area contributed by atoms with Crippen molar-refractivity contribution in [3.8, 4) is 0 Å². The lowest BCUT2D eigenvalue weighted by atomic mass is 9.99. The Morgan fingerprint density at radius 3 is 0.880 bits per heavy atom. The molecule has 146 valence electrons. The quantitative estimate of drug-likeness (QED) is 0.741. The van der Waals surface area contributed by atoms with Crippen molar-refractivity contribution in [2.45, 2.75) is 35.9 Å². The largest absolute Gasteiger partial charge is 0.458 e. The third-order valence-corrected chi connectivity index (χ3v) is 2.96. The van der Waals surface area contributed by atoms with E-state index in [0.29, 0.717) is 0 Å². The summed E-state index contributed by atoms with van der Waals surface area (Å²) in [5, 5.41) is 17.7. The predicted molar refractivity (Wildman–Crippen MR) is 50.7 cm³/mol. The van der Waals surface area contributed by atoms with Gasteiger partial charge in [0.1, 0.15) is 0 Å². The standard InChI is InChI=1S/C10H4F12O3/c11-7(12,13)5(23,8(14,15)16)3-1-2-4(25-3)6(24,9(17,18)19)10(20,21)22/h1-2,23-24H. The first-order chi connectivity index (χ1) is 10.7. The van der Waals surface area contributed by atoms with Crippen LogP contribution in [0.4, 0.5) is 52.7 Å². The molecule has 0 saturated carbocycles. The summed E-state index contributed by atoms with van der Waals surface area (Å²) in [4.78, 5) is 0. The molecule has 0 unspecified atom stereocenters. The number of halogens is 12. The average molecular weight is 400 g/mol. The Morgan fingerprint density at radius 2 is 0.720 bits per heavy atom. The third kappa shape index (κ3) is 3.02. The van der Waals surface area contributed by atoms with E-state index in [9.17, 15) is 52.7 Å². The lowest BCUT2D eigenvalue weighted by Crippen LogP contribution is -2.54. The SMILES string of the molecule is OC(c1ccc(C(O)(C(F)(F)F)C(F)(F)F)o1)(C(F)(F)F)C(F)(F)F. The van der Waals surface area contributed by atoms with Crippen LogP contribution >= 0.6 is 0 Å². The average Bonchev–Trinajstić information content (AvgIpc) is 2.80. The van der Waals surface area contributed by atoms with E-state index in [1.807, 2.05) is 0 Å². The van der Waals surface area contributed by atoms with Crippen molar-refractivity contribution in [2.24, 2.45) is 0 Å². The van der Waals surface area contributed by atoms with Crippen molar-refractivity contribution in [1.82, 2.24) is 0 Å². The van der Waals surface area contributed by atoms with E-state index in [-0.39, 0.29) is 0 Å². The first kappa shape index (κ1) is 21.4. The van der Waals surface area contributed by atoms with Crippen LogP contribution in [0.3, 0.4) is 0 Å². The van der Waals surface area contributed by atoms with Gasteiger partial charge in [-0.1, -0.05) is 0 Å². The molecule has 0 saturated heterocycles. The Labute approximate surface area is 128 Å². The van der Waals surface area contributed by atoms with Crippen molar-refractivity contribution in [2.75, 3.05) is 0 Å². The zero-order valence-corrected chi connectivity index (χ0v) is 11.0. The van der Waals surface area contributed by atoms with E-state index in [4.69, 9.17) is 10.2 Å². The van der Waals surface area contributed by atoms with Gasteiger partial charge in [-0.15, -0.1) is 0 Å². The summed E-state index contributed by atoms with van der Waals surface area (Å²) in [7, 11) is 0. The Balaban J connectivity index is 3.67. The lowest BCUT2D eigenvalue weighted by Gasteiger charge is -2.32. The topological polar surface area (TPSA) is 53.6 Å². The fraction of sp³-hybridized carbons (Fsp3) is 0.600. The minimum absolute atomic E-state index is 0.612. The molecule has 25 heavy (non-hydrogen) atoms. The number of hydrogen-bond donors (Lipinski definition) is 2. The normalized spacial score (nSPS) is 15.6. The molecule has 1 aromatic rings. The fourth-order valence-electron chi connectivity index (χ4n) is 1.61. The number of furan rings is 1. The molecule has 3 nitrogen and oxygen atoms in total. The second-order valence-corrected chi connectivity index (χ2v) is 4.58. The zero-order chi connectivity index (χ0) is 20.3. The summed E-state index contributed by atoms with van der Waals surface area (Å²) < 4.78 is 154. The minimum Gasteiger partial charge on any atom is -0.458 e. The number of rotatable bonds is 2. The number of hydrogen-bond acceptors (Lipinski definition) is 3. The summed E-state index contributed by atoms with van der Waals surface area (Å²) in [5.74, 6) is -5.48. The number of alkyl halides is 12. The first-order valence-corrected chi connectivity index (χ1v) is 5.53.